The highest BCUT2D eigenvalue weighted by Crippen LogP contribution is 2.17. The quantitative estimate of drug-likeness (QED) is 0.741. The average Bonchev–Trinajstić information content (AvgIpc) is 2.29. The molecule has 0 bridgehead atoms. The summed E-state index contributed by atoms with van der Waals surface area (Å²) in [4.78, 5) is 0. The number of para-hydroxylation sites is 1. The van der Waals surface area contributed by atoms with E-state index in [1.54, 1.807) is 0 Å². The van der Waals surface area contributed by atoms with E-state index in [1.807, 2.05) is 32.0 Å². The first kappa shape index (κ1) is 13.5. The van der Waals surface area contributed by atoms with Crippen molar-refractivity contribution in [1.82, 2.24) is 0 Å². The smallest absolute Gasteiger partial charge is 0.122 e. The first-order valence-corrected chi connectivity index (χ1v) is 6.27. The van der Waals surface area contributed by atoms with Gasteiger partial charge < -0.3 is 4.74 Å². The summed E-state index contributed by atoms with van der Waals surface area (Å²) in [6.45, 7) is 6.87. The zero-order valence-electron chi connectivity index (χ0n) is 9.22. The molecule has 0 heterocycles. The molecule has 0 aromatic heterocycles. The molecule has 0 aliphatic carbocycles. The molecule has 2 heteroatoms. The van der Waals surface area contributed by atoms with Crippen LogP contribution in [-0.4, -0.2) is 11.9 Å². The molecule has 80 valence electrons. The lowest BCUT2D eigenvalue weighted by molar-refractivity contribution is 0.341. The monoisotopic (exact) mass is 258 g/mol. The molecule has 0 fully saturated rings. The van der Waals surface area contributed by atoms with Crippen LogP contribution >= 0.6 is 15.9 Å². The van der Waals surface area contributed by atoms with Crippen LogP contribution in [0.1, 0.15) is 26.3 Å². The molecule has 1 rings (SSSR count). The Morgan fingerprint density at radius 1 is 1.21 bits per heavy atom. The topological polar surface area (TPSA) is 9.23 Å². The second-order valence-corrected chi connectivity index (χ2v) is 3.29. The van der Waals surface area contributed by atoms with Gasteiger partial charge >= 0.3 is 0 Å². The van der Waals surface area contributed by atoms with Crippen molar-refractivity contribution in [2.24, 2.45) is 0 Å². The largest absolute Gasteiger partial charge is 0.492 e. The fourth-order valence-corrected chi connectivity index (χ4v) is 1.25. The summed E-state index contributed by atoms with van der Waals surface area (Å²) in [5, 5.41) is 0.880. The second-order valence-electron chi connectivity index (χ2n) is 2.50. The standard InChI is InChI=1S/C10H13BrO.C2H6/c1-2-9-5-3-4-6-10(9)12-8-7-11;1-2/h3-6H,2,7-8H2,1H3;1-2H3. The summed E-state index contributed by atoms with van der Waals surface area (Å²) in [7, 11) is 0. The summed E-state index contributed by atoms with van der Waals surface area (Å²) in [6, 6.07) is 8.16. The number of benzene rings is 1. The van der Waals surface area contributed by atoms with Crippen LogP contribution in [0.5, 0.6) is 5.75 Å². The summed E-state index contributed by atoms with van der Waals surface area (Å²) in [5.41, 5.74) is 1.28. The fourth-order valence-electron chi connectivity index (χ4n) is 1.09. The van der Waals surface area contributed by atoms with Crippen LogP contribution in [0.3, 0.4) is 0 Å². The highest BCUT2D eigenvalue weighted by atomic mass is 79.9. The van der Waals surface area contributed by atoms with Gasteiger partial charge in [-0.25, -0.2) is 0 Å². The number of alkyl halides is 1. The molecule has 0 amide bonds. The van der Waals surface area contributed by atoms with Gasteiger partial charge in [-0.1, -0.05) is 54.9 Å². The van der Waals surface area contributed by atoms with Crippen molar-refractivity contribution in [3.63, 3.8) is 0 Å². The zero-order valence-corrected chi connectivity index (χ0v) is 10.8. The van der Waals surface area contributed by atoms with Crippen molar-refractivity contribution >= 4 is 15.9 Å². The maximum atomic E-state index is 5.53. The molecular formula is C12H19BrO. The third-order valence-electron chi connectivity index (χ3n) is 1.69. The Morgan fingerprint density at radius 3 is 2.43 bits per heavy atom. The minimum atomic E-state index is 0.733. The molecule has 0 unspecified atom stereocenters. The molecule has 1 nitrogen and oxygen atoms in total. The Morgan fingerprint density at radius 2 is 1.86 bits per heavy atom. The van der Waals surface area contributed by atoms with Gasteiger partial charge in [-0.2, -0.15) is 0 Å². The van der Waals surface area contributed by atoms with Gasteiger partial charge in [0.05, 0.1) is 6.61 Å². The molecular weight excluding hydrogens is 240 g/mol. The van der Waals surface area contributed by atoms with Gasteiger partial charge in [-0.3, -0.25) is 0 Å². The predicted octanol–water partition coefficient (Wildman–Crippen LogP) is 4.05. The van der Waals surface area contributed by atoms with E-state index in [0.717, 1.165) is 24.1 Å². The minimum Gasteiger partial charge on any atom is -0.492 e. The fraction of sp³-hybridized carbons (Fsp3) is 0.500. The molecule has 14 heavy (non-hydrogen) atoms. The number of hydrogen-bond acceptors (Lipinski definition) is 1. The lowest BCUT2D eigenvalue weighted by Crippen LogP contribution is -1.99. The van der Waals surface area contributed by atoms with Crippen molar-refractivity contribution in [3.8, 4) is 5.75 Å². The highest BCUT2D eigenvalue weighted by molar-refractivity contribution is 9.09. The minimum absolute atomic E-state index is 0.733. The van der Waals surface area contributed by atoms with Crippen LogP contribution in [-0.2, 0) is 6.42 Å². The lowest BCUT2D eigenvalue weighted by atomic mass is 10.1. The summed E-state index contributed by atoms with van der Waals surface area (Å²) >= 11 is 3.33. The summed E-state index contributed by atoms with van der Waals surface area (Å²) in [5.74, 6) is 1.01. The Hall–Kier alpha value is -0.500. The average molecular weight is 259 g/mol. The van der Waals surface area contributed by atoms with Crippen LogP contribution < -0.4 is 4.74 Å². The third-order valence-corrected chi connectivity index (χ3v) is 2.01. The number of rotatable bonds is 4. The van der Waals surface area contributed by atoms with Gasteiger partial charge in [0.25, 0.3) is 0 Å². The van der Waals surface area contributed by atoms with Gasteiger partial charge in [-0.05, 0) is 18.1 Å². The number of halogens is 1. The second kappa shape index (κ2) is 9.07. The van der Waals surface area contributed by atoms with Crippen LogP contribution in [0, 0.1) is 0 Å². The van der Waals surface area contributed by atoms with E-state index >= 15 is 0 Å². The van der Waals surface area contributed by atoms with E-state index in [0.29, 0.717) is 0 Å². The molecule has 0 spiro atoms. The Kier molecular flexibility index (Phi) is 8.75. The molecule has 0 radical (unpaired) electrons. The molecule has 0 saturated carbocycles. The normalized spacial score (nSPS) is 8.86. The molecule has 1 aromatic rings. The van der Waals surface area contributed by atoms with Gasteiger partial charge in [0.2, 0.25) is 0 Å². The number of ether oxygens (including phenoxy) is 1. The molecule has 0 atom stereocenters. The first-order chi connectivity index (χ1) is 6.88. The van der Waals surface area contributed by atoms with E-state index in [1.165, 1.54) is 5.56 Å². The van der Waals surface area contributed by atoms with Crippen LogP contribution in [0.25, 0.3) is 0 Å². The summed E-state index contributed by atoms with van der Waals surface area (Å²) < 4.78 is 5.53. The van der Waals surface area contributed by atoms with Crippen molar-refractivity contribution in [1.29, 1.82) is 0 Å². The van der Waals surface area contributed by atoms with Gasteiger partial charge in [0.1, 0.15) is 5.75 Å². The van der Waals surface area contributed by atoms with E-state index in [-0.39, 0.29) is 0 Å². The Balaban J connectivity index is 0.000000791. The van der Waals surface area contributed by atoms with Gasteiger partial charge in [0.15, 0.2) is 0 Å². The van der Waals surface area contributed by atoms with Crippen molar-refractivity contribution in [3.05, 3.63) is 29.8 Å². The van der Waals surface area contributed by atoms with Crippen molar-refractivity contribution in [2.75, 3.05) is 11.9 Å². The Bertz CT molecular complexity index is 236. The number of aryl methyl sites for hydroxylation is 1. The van der Waals surface area contributed by atoms with Crippen LogP contribution in [0.15, 0.2) is 24.3 Å². The van der Waals surface area contributed by atoms with E-state index in [4.69, 9.17) is 4.74 Å². The zero-order chi connectivity index (χ0) is 10.8. The van der Waals surface area contributed by atoms with E-state index in [2.05, 4.69) is 28.9 Å². The van der Waals surface area contributed by atoms with Crippen LogP contribution in [0.2, 0.25) is 0 Å². The summed E-state index contributed by atoms with van der Waals surface area (Å²) in [6.07, 6.45) is 1.03. The molecule has 1 aromatic carbocycles. The Labute approximate surface area is 95.6 Å². The van der Waals surface area contributed by atoms with Crippen molar-refractivity contribution < 1.29 is 4.74 Å². The van der Waals surface area contributed by atoms with Crippen molar-refractivity contribution in [2.45, 2.75) is 27.2 Å². The third kappa shape index (κ3) is 4.66. The van der Waals surface area contributed by atoms with Gasteiger partial charge in [-0.15, -0.1) is 0 Å². The lowest BCUT2D eigenvalue weighted by Gasteiger charge is -2.07. The maximum Gasteiger partial charge on any atom is 0.122 e. The molecule has 0 aliphatic rings. The highest BCUT2D eigenvalue weighted by Gasteiger charge is 1.98. The molecule has 0 N–H and O–H groups in total. The van der Waals surface area contributed by atoms with E-state index in [9.17, 15) is 0 Å². The van der Waals surface area contributed by atoms with Crippen LogP contribution in [0.4, 0.5) is 0 Å². The first-order valence-electron chi connectivity index (χ1n) is 5.15. The SMILES string of the molecule is CC.CCc1ccccc1OCCBr. The van der Waals surface area contributed by atoms with E-state index < -0.39 is 0 Å². The number of hydrogen-bond donors (Lipinski definition) is 0. The molecule has 0 aliphatic heterocycles. The maximum absolute atomic E-state index is 5.53. The molecule has 0 saturated heterocycles. The predicted molar refractivity (Wildman–Crippen MR) is 66.5 cm³/mol. The van der Waals surface area contributed by atoms with Gasteiger partial charge in [0, 0.05) is 5.33 Å².